The van der Waals surface area contributed by atoms with E-state index in [4.69, 9.17) is 0 Å². The van der Waals surface area contributed by atoms with Gasteiger partial charge in [-0.05, 0) is 31.0 Å². The number of nitrogens with zero attached hydrogens (tertiary/aromatic N) is 3. The van der Waals surface area contributed by atoms with Crippen molar-refractivity contribution in [1.82, 2.24) is 15.0 Å². The summed E-state index contributed by atoms with van der Waals surface area (Å²) in [6.45, 7) is 0.124. The van der Waals surface area contributed by atoms with E-state index in [0.29, 0.717) is 0 Å². The predicted octanol–water partition coefficient (Wildman–Crippen LogP) is 1.95. The van der Waals surface area contributed by atoms with Gasteiger partial charge in [0.2, 0.25) is 0 Å². The molecule has 0 amide bonds. The van der Waals surface area contributed by atoms with Gasteiger partial charge in [0, 0.05) is 12.4 Å². The van der Waals surface area contributed by atoms with Crippen LogP contribution in [0.4, 0.5) is 0 Å². The summed E-state index contributed by atoms with van der Waals surface area (Å²) in [6.07, 6.45) is 6.58. The number of hydrogen-bond donors (Lipinski definition) is 1. The van der Waals surface area contributed by atoms with Gasteiger partial charge in [-0.25, -0.2) is 9.97 Å². The third-order valence-electron chi connectivity index (χ3n) is 3.67. The summed E-state index contributed by atoms with van der Waals surface area (Å²) in [7, 11) is 0. The molecule has 1 N–H and O–H groups in total. The first-order valence-electron chi connectivity index (χ1n) is 6.20. The van der Waals surface area contributed by atoms with Crippen LogP contribution in [0.15, 0.2) is 36.7 Å². The van der Waals surface area contributed by atoms with E-state index in [9.17, 15) is 5.11 Å². The smallest absolute Gasteiger partial charge is 0.137 e. The van der Waals surface area contributed by atoms with Crippen LogP contribution in [-0.4, -0.2) is 26.7 Å². The molecular weight excluding hydrogens is 226 g/mol. The van der Waals surface area contributed by atoms with E-state index < -0.39 is 0 Å². The summed E-state index contributed by atoms with van der Waals surface area (Å²) in [5, 5.41) is 9.56. The molecule has 0 spiro atoms. The first-order chi connectivity index (χ1) is 8.84. The van der Waals surface area contributed by atoms with Gasteiger partial charge >= 0.3 is 0 Å². The highest BCUT2D eigenvalue weighted by atomic mass is 16.3. The van der Waals surface area contributed by atoms with E-state index >= 15 is 0 Å². The lowest BCUT2D eigenvalue weighted by Crippen LogP contribution is -2.39. The lowest BCUT2D eigenvalue weighted by molar-refractivity contribution is 0.112. The SMILES string of the molecule is OCC1(c2nccc(-c3ccccn3)n2)CCC1. The zero-order valence-corrected chi connectivity index (χ0v) is 10.1. The van der Waals surface area contributed by atoms with Gasteiger partial charge in [0.25, 0.3) is 0 Å². The maximum Gasteiger partial charge on any atom is 0.137 e. The van der Waals surface area contributed by atoms with Crippen LogP contribution in [0.3, 0.4) is 0 Å². The van der Waals surface area contributed by atoms with E-state index in [-0.39, 0.29) is 12.0 Å². The summed E-state index contributed by atoms with van der Waals surface area (Å²) in [4.78, 5) is 13.2. The summed E-state index contributed by atoms with van der Waals surface area (Å²) in [5.74, 6) is 0.749. The van der Waals surface area contributed by atoms with Gasteiger partial charge in [0.15, 0.2) is 0 Å². The molecule has 2 aromatic heterocycles. The predicted molar refractivity (Wildman–Crippen MR) is 67.9 cm³/mol. The van der Waals surface area contributed by atoms with Gasteiger partial charge in [0.1, 0.15) is 5.82 Å². The van der Waals surface area contributed by atoms with E-state index in [1.165, 1.54) is 0 Å². The third kappa shape index (κ3) is 1.78. The molecule has 0 saturated heterocycles. The summed E-state index contributed by atoms with van der Waals surface area (Å²) in [5.41, 5.74) is 1.44. The normalized spacial score (nSPS) is 17.2. The van der Waals surface area contributed by atoms with Gasteiger partial charge < -0.3 is 5.11 Å². The molecule has 4 nitrogen and oxygen atoms in total. The highest BCUT2D eigenvalue weighted by molar-refractivity contribution is 5.53. The number of aromatic nitrogens is 3. The number of rotatable bonds is 3. The summed E-state index contributed by atoms with van der Waals surface area (Å²) >= 11 is 0. The van der Waals surface area contributed by atoms with Crippen molar-refractivity contribution in [2.24, 2.45) is 0 Å². The molecule has 0 bridgehead atoms. The standard InChI is InChI=1S/C14H15N3O/c18-10-14(6-3-7-14)13-16-9-5-12(17-13)11-4-1-2-8-15-11/h1-2,4-5,8-9,18H,3,6-7,10H2. The zero-order chi connectivity index (χ0) is 12.4. The summed E-state index contributed by atoms with van der Waals surface area (Å²) in [6, 6.07) is 7.61. The van der Waals surface area contributed by atoms with Gasteiger partial charge in [-0.1, -0.05) is 12.5 Å². The van der Waals surface area contributed by atoms with E-state index in [2.05, 4.69) is 15.0 Å². The van der Waals surface area contributed by atoms with Crippen LogP contribution < -0.4 is 0 Å². The minimum Gasteiger partial charge on any atom is -0.395 e. The van der Waals surface area contributed by atoms with Crippen LogP contribution in [0.5, 0.6) is 0 Å². The van der Waals surface area contributed by atoms with Crippen LogP contribution in [0.25, 0.3) is 11.4 Å². The number of aliphatic hydroxyl groups excluding tert-OH is 1. The molecule has 1 fully saturated rings. The average molecular weight is 241 g/mol. The first kappa shape index (κ1) is 11.3. The summed E-state index contributed by atoms with van der Waals surface area (Å²) < 4.78 is 0. The Bertz CT molecular complexity index is 532. The lowest BCUT2D eigenvalue weighted by Gasteiger charge is -2.38. The van der Waals surface area contributed by atoms with Crippen molar-refractivity contribution in [3.8, 4) is 11.4 Å². The largest absolute Gasteiger partial charge is 0.395 e. The molecule has 1 saturated carbocycles. The molecule has 0 atom stereocenters. The average Bonchev–Trinajstić information content (AvgIpc) is 2.40. The second-order valence-corrected chi connectivity index (χ2v) is 4.77. The van der Waals surface area contributed by atoms with Crippen LogP contribution in [-0.2, 0) is 5.41 Å². The van der Waals surface area contributed by atoms with E-state index in [1.807, 2.05) is 24.3 Å². The molecule has 2 aromatic rings. The van der Waals surface area contributed by atoms with Crippen molar-refractivity contribution < 1.29 is 5.11 Å². The Morgan fingerprint density at radius 1 is 1.06 bits per heavy atom. The van der Waals surface area contributed by atoms with Crippen molar-refractivity contribution in [3.05, 3.63) is 42.5 Å². The van der Waals surface area contributed by atoms with Gasteiger partial charge in [0.05, 0.1) is 23.4 Å². The van der Waals surface area contributed by atoms with Crippen molar-refractivity contribution in [2.75, 3.05) is 6.61 Å². The molecule has 2 heterocycles. The van der Waals surface area contributed by atoms with E-state index in [0.717, 1.165) is 36.5 Å². The topological polar surface area (TPSA) is 58.9 Å². The molecule has 18 heavy (non-hydrogen) atoms. The maximum atomic E-state index is 9.56. The Morgan fingerprint density at radius 3 is 2.56 bits per heavy atom. The Hall–Kier alpha value is -1.81. The minimum atomic E-state index is -0.217. The quantitative estimate of drug-likeness (QED) is 0.892. The van der Waals surface area contributed by atoms with Crippen LogP contribution in [0, 0.1) is 0 Å². The molecule has 4 heteroatoms. The molecule has 92 valence electrons. The molecule has 0 radical (unpaired) electrons. The fourth-order valence-corrected chi connectivity index (χ4v) is 2.33. The lowest BCUT2D eigenvalue weighted by atomic mass is 9.68. The molecule has 0 aromatic carbocycles. The number of hydrogen-bond acceptors (Lipinski definition) is 4. The second kappa shape index (κ2) is 4.46. The van der Waals surface area contributed by atoms with Gasteiger partial charge in [-0.2, -0.15) is 0 Å². The van der Waals surface area contributed by atoms with Gasteiger partial charge in [-0.15, -0.1) is 0 Å². The Kier molecular flexibility index (Phi) is 2.80. The monoisotopic (exact) mass is 241 g/mol. The Labute approximate surface area is 106 Å². The van der Waals surface area contributed by atoms with Gasteiger partial charge in [-0.3, -0.25) is 4.98 Å². The molecule has 1 aliphatic rings. The van der Waals surface area contributed by atoms with Crippen molar-refractivity contribution in [2.45, 2.75) is 24.7 Å². The molecule has 1 aliphatic carbocycles. The van der Waals surface area contributed by atoms with Crippen LogP contribution >= 0.6 is 0 Å². The van der Waals surface area contributed by atoms with E-state index in [1.54, 1.807) is 12.4 Å². The Balaban J connectivity index is 1.99. The minimum absolute atomic E-state index is 0.124. The maximum absolute atomic E-state index is 9.56. The van der Waals surface area contributed by atoms with Crippen molar-refractivity contribution in [1.29, 1.82) is 0 Å². The van der Waals surface area contributed by atoms with Crippen LogP contribution in [0.1, 0.15) is 25.1 Å². The van der Waals surface area contributed by atoms with Crippen molar-refractivity contribution in [3.63, 3.8) is 0 Å². The fourth-order valence-electron chi connectivity index (χ4n) is 2.33. The molecule has 0 unspecified atom stereocenters. The van der Waals surface area contributed by atoms with Crippen LogP contribution in [0.2, 0.25) is 0 Å². The fraction of sp³-hybridized carbons (Fsp3) is 0.357. The Morgan fingerprint density at radius 2 is 1.94 bits per heavy atom. The third-order valence-corrected chi connectivity index (χ3v) is 3.67. The second-order valence-electron chi connectivity index (χ2n) is 4.77. The number of pyridine rings is 1. The van der Waals surface area contributed by atoms with Crippen molar-refractivity contribution >= 4 is 0 Å². The molecule has 0 aliphatic heterocycles. The number of aliphatic hydroxyl groups is 1. The molecule has 3 rings (SSSR count). The zero-order valence-electron chi connectivity index (χ0n) is 10.1. The first-order valence-corrected chi connectivity index (χ1v) is 6.20. The highest BCUT2D eigenvalue weighted by Crippen LogP contribution is 2.41. The highest BCUT2D eigenvalue weighted by Gasteiger charge is 2.40. The molecular formula is C14H15N3O.